The van der Waals surface area contributed by atoms with Crippen LogP contribution in [-0.4, -0.2) is 4.98 Å². The molecule has 2 N–H and O–H groups in total. The van der Waals surface area contributed by atoms with E-state index in [0.29, 0.717) is 0 Å². The third-order valence-corrected chi connectivity index (χ3v) is 2.61. The Balaban J connectivity index is 2.11. The standard InChI is InChI=1S/C14H16N2/c1-11-5-4-6-12(9-11)10-13(15)14-7-2-3-8-16-14/h2-9,13H,10,15H2,1H3. The Morgan fingerprint density at radius 1 is 1.19 bits per heavy atom. The largest absolute Gasteiger partial charge is 0.322 e. The minimum absolute atomic E-state index is 0.0250. The lowest BCUT2D eigenvalue weighted by Gasteiger charge is -2.11. The first-order valence-corrected chi connectivity index (χ1v) is 5.48. The van der Waals surface area contributed by atoms with E-state index in [0.717, 1.165) is 12.1 Å². The van der Waals surface area contributed by atoms with Gasteiger partial charge in [-0.15, -0.1) is 0 Å². The maximum atomic E-state index is 6.11. The van der Waals surface area contributed by atoms with E-state index in [1.807, 2.05) is 18.2 Å². The van der Waals surface area contributed by atoms with Crippen molar-refractivity contribution in [2.45, 2.75) is 19.4 Å². The van der Waals surface area contributed by atoms with Crippen molar-refractivity contribution in [3.8, 4) is 0 Å². The second-order valence-electron chi connectivity index (χ2n) is 4.05. The molecule has 0 aliphatic heterocycles. The van der Waals surface area contributed by atoms with Gasteiger partial charge in [-0.25, -0.2) is 0 Å². The smallest absolute Gasteiger partial charge is 0.0574 e. The normalized spacial score (nSPS) is 12.4. The van der Waals surface area contributed by atoms with Gasteiger partial charge in [0.1, 0.15) is 0 Å². The van der Waals surface area contributed by atoms with Crippen molar-refractivity contribution >= 4 is 0 Å². The first-order valence-electron chi connectivity index (χ1n) is 5.48. The van der Waals surface area contributed by atoms with Gasteiger partial charge in [0.15, 0.2) is 0 Å². The van der Waals surface area contributed by atoms with Crippen LogP contribution in [0.3, 0.4) is 0 Å². The lowest BCUT2D eigenvalue weighted by Crippen LogP contribution is -2.14. The minimum atomic E-state index is -0.0250. The van der Waals surface area contributed by atoms with Crippen molar-refractivity contribution < 1.29 is 0 Å². The van der Waals surface area contributed by atoms with E-state index in [2.05, 4.69) is 36.2 Å². The van der Waals surface area contributed by atoms with Crippen LogP contribution in [0.5, 0.6) is 0 Å². The summed E-state index contributed by atoms with van der Waals surface area (Å²) in [6.45, 7) is 2.09. The predicted molar refractivity (Wildman–Crippen MR) is 66.0 cm³/mol. The van der Waals surface area contributed by atoms with Crippen LogP contribution in [0.2, 0.25) is 0 Å². The van der Waals surface area contributed by atoms with Crippen LogP contribution in [0.15, 0.2) is 48.7 Å². The Hall–Kier alpha value is -1.67. The summed E-state index contributed by atoms with van der Waals surface area (Å²) in [4.78, 5) is 4.27. The highest BCUT2D eigenvalue weighted by molar-refractivity contribution is 5.24. The SMILES string of the molecule is Cc1cccc(CC(N)c2ccccn2)c1. The van der Waals surface area contributed by atoms with Crippen molar-refractivity contribution in [2.75, 3.05) is 0 Å². The summed E-state index contributed by atoms with van der Waals surface area (Å²) in [5.41, 5.74) is 9.59. The van der Waals surface area contributed by atoms with Gasteiger partial charge >= 0.3 is 0 Å². The fourth-order valence-corrected chi connectivity index (χ4v) is 1.79. The van der Waals surface area contributed by atoms with Crippen LogP contribution in [-0.2, 0) is 6.42 Å². The van der Waals surface area contributed by atoms with Gasteiger partial charge in [-0.1, -0.05) is 35.9 Å². The van der Waals surface area contributed by atoms with Crippen molar-refractivity contribution in [1.29, 1.82) is 0 Å². The molecule has 0 bridgehead atoms. The summed E-state index contributed by atoms with van der Waals surface area (Å²) in [5.74, 6) is 0. The summed E-state index contributed by atoms with van der Waals surface area (Å²) in [6.07, 6.45) is 2.62. The zero-order valence-electron chi connectivity index (χ0n) is 9.43. The monoisotopic (exact) mass is 212 g/mol. The molecule has 1 unspecified atom stereocenters. The van der Waals surface area contributed by atoms with Crippen LogP contribution < -0.4 is 5.73 Å². The summed E-state index contributed by atoms with van der Waals surface area (Å²) in [6, 6.07) is 14.3. The lowest BCUT2D eigenvalue weighted by atomic mass is 10.0. The maximum Gasteiger partial charge on any atom is 0.0574 e. The van der Waals surface area contributed by atoms with E-state index >= 15 is 0 Å². The second-order valence-corrected chi connectivity index (χ2v) is 4.05. The average Bonchev–Trinajstić information content (AvgIpc) is 2.30. The van der Waals surface area contributed by atoms with Crippen molar-refractivity contribution in [3.63, 3.8) is 0 Å². The summed E-state index contributed by atoms with van der Waals surface area (Å²) < 4.78 is 0. The molecule has 1 aromatic heterocycles. The van der Waals surface area contributed by atoms with E-state index in [4.69, 9.17) is 5.73 Å². The first kappa shape index (κ1) is 10.8. The summed E-state index contributed by atoms with van der Waals surface area (Å²) in [7, 11) is 0. The molecule has 1 atom stereocenters. The van der Waals surface area contributed by atoms with E-state index in [1.54, 1.807) is 6.20 Å². The first-order chi connectivity index (χ1) is 7.75. The van der Waals surface area contributed by atoms with Crippen LogP contribution in [0.25, 0.3) is 0 Å². The van der Waals surface area contributed by atoms with E-state index in [-0.39, 0.29) is 6.04 Å². The van der Waals surface area contributed by atoms with Crippen molar-refractivity contribution in [1.82, 2.24) is 4.98 Å². The highest BCUT2D eigenvalue weighted by Crippen LogP contribution is 2.14. The molecular formula is C14H16N2. The molecular weight excluding hydrogens is 196 g/mol. The van der Waals surface area contributed by atoms with Crippen LogP contribution in [0.1, 0.15) is 22.9 Å². The molecule has 2 aromatic rings. The van der Waals surface area contributed by atoms with E-state index in [1.165, 1.54) is 11.1 Å². The van der Waals surface area contributed by atoms with Crippen molar-refractivity contribution in [2.24, 2.45) is 5.73 Å². The number of hydrogen-bond donors (Lipinski definition) is 1. The average molecular weight is 212 g/mol. The highest BCUT2D eigenvalue weighted by Gasteiger charge is 2.07. The molecule has 0 fully saturated rings. The summed E-state index contributed by atoms with van der Waals surface area (Å²) >= 11 is 0. The zero-order chi connectivity index (χ0) is 11.4. The molecule has 1 heterocycles. The number of benzene rings is 1. The second kappa shape index (κ2) is 4.90. The number of aryl methyl sites for hydroxylation is 1. The molecule has 0 aliphatic rings. The molecule has 0 amide bonds. The third-order valence-electron chi connectivity index (χ3n) is 2.61. The highest BCUT2D eigenvalue weighted by atomic mass is 14.8. The van der Waals surface area contributed by atoms with Gasteiger partial charge < -0.3 is 5.73 Å². The van der Waals surface area contributed by atoms with Gasteiger partial charge in [0.2, 0.25) is 0 Å². The molecule has 0 saturated heterocycles. The summed E-state index contributed by atoms with van der Waals surface area (Å²) in [5, 5.41) is 0. The minimum Gasteiger partial charge on any atom is -0.322 e. The van der Waals surface area contributed by atoms with Gasteiger partial charge in [-0.2, -0.15) is 0 Å². The molecule has 0 spiro atoms. The van der Waals surface area contributed by atoms with Crippen LogP contribution in [0, 0.1) is 6.92 Å². The van der Waals surface area contributed by atoms with Crippen molar-refractivity contribution in [3.05, 3.63) is 65.5 Å². The molecule has 0 saturated carbocycles. The number of pyridine rings is 1. The van der Waals surface area contributed by atoms with Gasteiger partial charge in [0.05, 0.1) is 11.7 Å². The number of aromatic nitrogens is 1. The quantitative estimate of drug-likeness (QED) is 0.849. The molecule has 0 aliphatic carbocycles. The Morgan fingerprint density at radius 3 is 2.75 bits per heavy atom. The predicted octanol–water partition coefficient (Wildman–Crippen LogP) is 2.63. The number of nitrogens with zero attached hydrogens (tertiary/aromatic N) is 1. The molecule has 16 heavy (non-hydrogen) atoms. The Bertz CT molecular complexity index is 451. The Morgan fingerprint density at radius 2 is 2.06 bits per heavy atom. The molecule has 1 aromatic carbocycles. The lowest BCUT2D eigenvalue weighted by molar-refractivity contribution is 0.696. The number of rotatable bonds is 3. The van der Waals surface area contributed by atoms with Gasteiger partial charge in [0.25, 0.3) is 0 Å². The maximum absolute atomic E-state index is 6.11. The third kappa shape index (κ3) is 2.67. The Kier molecular flexibility index (Phi) is 3.32. The fourth-order valence-electron chi connectivity index (χ4n) is 1.79. The molecule has 2 rings (SSSR count). The van der Waals surface area contributed by atoms with Crippen LogP contribution in [0.4, 0.5) is 0 Å². The molecule has 2 nitrogen and oxygen atoms in total. The van der Waals surface area contributed by atoms with E-state index in [9.17, 15) is 0 Å². The van der Waals surface area contributed by atoms with Gasteiger partial charge in [-0.05, 0) is 31.0 Å². The topological polar surface area (TPSA) is 38.9 Å². The van der Waals surface area contributed by atoms with E-state index < -0.39 is 0 Å². The number of hydrogen-bond acceptors (Lipinski definition) is 2. The van der Waals surface area contributed by atoms with Gasteiger partial charge in [0, 0.05) is 6.20 Å². The molecule has 82 valence electrons. The fraction of sp³-hybridized carbons (Fsp3) is 0.214. The number of nitrogens with two attached hydrogens (primary N) is 1. The zero-order valence-corrected chi connectivity index (χ0v) is 9.43. The molecule has 0 radical (unpaired) electrons. The van der Waals surface area contributed by atoms with Gasteiger partial charge in [-0.3, -0.25) is 4.98 Å². The van der Waals surface area contributed by atoms with Crippen LogP contribution >= 0.6 is 0 Å². The molecule has 2 heteroatoms. The Labute approximate surface area is 96.1 Å².